The minimum absolute atomic E-state index is 0.121. The van der Waals surface area contributed by atoms with Crippen LogP contribution in [-0.4, -0.2) is 85.9 Å². The molecule has 0 spiro atoms. The second-order valence-electron chi connectivity index (χ2n) is 5.96. The third-order valence-corrected chi connectivity index (χ3v) is 3.83. The van der Waals surface area contributed by atoms with Crippen LogP contribution in [0.3, 0.4) is 0 Å². The summed E-state index contributed by atoms with van der Waals surface area (Å²) in [6.07, 6.45) is 1.48. The van der Waals surface area contributed by atoms with Crippen LogP contribution in [0.2, 0.25) is 0 Å². The van der Waals surface area contributed by atoms with E-state index in [-0.39, 0.29) is 17.9 Å². The van der Waals surface area contributed by atoms with E-state index in [1.807, 2.05) is 18.7 Å². The molecule has 0 aromatic rings. The average Bonchev–Trinajstić information content (AvgIpc) is 2.64. The maximum absolute atomic E-state index is 12.3. The van der Waals surface area contributed by atoms with Gasteiger partial charge in [-0.25, -0.2) is 0 Å². The highest BCUT2D eigenvalue weighted by atomic mass is 16.2. The molecule has 0 aromatic carbocycles. The summed E-state index contributed by atoms with van der Waals surface area (Å²) in [4.78, 5) is 29.7. The van der Waals surface area contributed by atoms with Crippen LogP contribution in [0.1, 0.15) is 26.7 Å². The molecule has 2 amide bonds. The highest BCUT2D eigenvalue weighted by Crippen LogP contribution is 2.06. The largest absolute Gasteiger partial charge is 0.348 e. The Labute approximate surface area is 128 Å². The SMILES string of the molecule is CCNC(C)CC(=O)N1CCCN(CC(=O)N(C)C)CC1. The van der Waals surface area contributed by atoms with E-state index in [1.165, 1.54) is 0 Å². The monoisotopic (exact) mass is 298 g/mol. The third-order valence-electron chi connectivity index (χ3n) is 3.83. The number of carbonyl (C=O) groups is 2. The van der Waals surface area contributed by atoms with Gasteiger partial charge in [-0.15, -0.1) is 0 Å². The van der Waals surface area contributed by atoms with E-state index in [0.717, 1.165) is 39.1 Å². The van der Waals surface area contributed by atoms with E-state index in [1.54, 1.807) is 19.0 Å². The Balaban J connectivity index is 2.41. The molecule has 1 N–H and O–H groups in total. The van der Waals surface area contributed by atoms with Crippen LogP contribution >= 0.6 is 0 Å². The molecule has 0 bridgehead atoms. The maximum Gasteiger partial charge on any atom is 0.236 e. The number of nitrogens with zero attached hydrogens (tertiary/aromatic N) is 3. The number of hydrogen-bond acceptors (Lipinski definition) is 4. The van der Waals surface area contributed by atoms with Crippen LogP contribution in [0.4, 0.5) is 0 Å². The van der Waals surface area contributed by atoms with Crippen LogP contribution in [0.15, 0.2) is 0 Å². The van der Waals surface area contributed by atoms with Crippen molar-refractivity contribution in [3.8, 4) is 0 Å². The molecular formula is C15H30N4O2. The third kappa shape index (κ3) is 6.44. The molecule has 122 valence electrons. The highest BCUT2D eigenvalue weighted by Gasteiger charge is 2.21. The highest BCUT2D eigenvalue weighted by molar-refractivity contribution is 5.78. The molecule has 1 aliphatic heterocycles. The summed E-state index contributed by atoms with van der Waals surface area (Å²) in [7, 11) is 3.55. The zero-order chi connectivity index (χ0) is 15.8. The van der Waals surface area contributed by atoms with E-state index in [9.17, 15) is 9.59 Å². The van der Waals surface area contributed by atoms with E-state index < -0.39 is 0 Å². The van der Waals surface area contributed by atoms with Crippen LogP contribution in [0, 0.1) is 0 Å². The van der Waals surface area contributed by atoms with Crippen molar-refractivity contribution in [2.45, 2.75) is 32.7 Å². The second kappa shape index (κ2) is 9.00. The minimum Gasteiger partial charge on any atom is -0.348 e. The van der Waals surface area contributed by atoms with Crippen molar-refractivity contribution in [2.75, 3.05) is 53.4 Å². The van der Waals surface area contributed by atoms with Crippen molar-refractivity contribution in [3.63, 3.8) is 0 Å². The number of nitrogens with one attached hydrogen (secondary N) is 1. The van der Waals surface area contributed by atoms with Gasteiger partial charge in [0.1, 0.15) is 0 Å². The lowest BCUT2D eigenvalue weighted by molar-refractivity contribution is -0.131. The molecule has 6 heteroatoms. The van der Waals surface area contributed by atoms with Gasteiger partial charge in [-0.3, -0.25) is 14.5 Å². The molecule has 1 heterocycles. The number of hydrogen-bond donors (Lipinski definition) is 1. The zero-order valence-electron chi connectivity index (χ0n) is 13.9. The fraction of sp³-hybridized carbons (Fsp3) is 0.867. The standard InChI is InChI=1S/C15H30N4O2/c1-5-16-13(2)11-14(20)19-8-6-7-18(9-10-19)12-15(21)17(3)4/h13,16H,5-12H2,1-4H3. The lowest BCUT2D eigenvalue weighted by Gasteiger charge is -2.24. The van der Waals surface area contributed by atoms with E-state index in [0.29, 0.717) is 13.0 Å². The summed E-state index contributed by atoms with van der Waals surface area (Å²) >= 11 is 0. The van der Waals surface area contributed by atoms with Crippen LogP contribution in [-0.2, 0) is 9.59 Å². The van der Waals surface area contributed by atoms with Gasteiger partial charge in [-0.2, -0.15) is 0 Å². The Morgan fingerprint density at radius 2 is 1.90 bits per heavy atom. The summed E-state index contributed by atoms with van der Waals surface area (Å²) in [6.45, 7) is 8.60. The molecule has 1 atom stereocenters. The summed E-state index contributed by atoms with van der Waals surface area (Å²) in [5, 5.41) is 3.27. The van der Waals surface area contributed by atoms with Gasteiger partial charge in [0.15, 0.2) is 0 Å². The molecule has 0 aliphatic carbocycles. The smallest absolute Gasteiger partial charge is 0.236 e. The van der Waals surface area contributed by atoms with Crippen molar-refractivity contribution in [3.05, 3.63) is 0 Å². The first kappa shape index (κ1) is 17.9. The zero-order valence-corrected chi connectivity index (χ0v) is 13.9. The molecule has 1 fully saturated rings. The molecular weight excluding hydrogens is 268 g/mol. The molecule has 0 aromatic heterocycles. The predicted octanol–water partition coefficient (Wildman–Crippen LogP) is -0.00300. The Morgan fingerprint density at radius 3 is 2.52 bits per heavy atom. The molecule has 1 aliphatic rings. The van der Waals surface area contributed by atoms with Crippen molar-refractivity contribution in [1.29, 1.82) is 0 Å². The van der Waals surface area contributed by atoms with Gasteiger partial charge in [-0.1, -0.05) is 6.92 Å². The lowest BCUT2D eigenvalue weighted by atomic mass is 10.2. The van der Waals surface area contributed by atoms with Gasteiger partial charge < -0.3 is 15.1 Å². The first-order valence-electron chi connectivity index (χ1n) is 7.87. The Morgan fingerprint density at radius 1 is 1.19 bits per heavy atom. The number of carbonyl (C=O) groups excluding carboxylic acids is 2. The van der Waals surface area contributed by atoms with E-state index in [2.05, 4.69) is 10.2 Å². The molecule has 1 unspecified atom stereocenters. The summed E-state index contributed by atoms with van der Waals surface area (Å²) in [5.74, 6) is 0.333. The van der Waals surface area contributed by atoms with Crippen LogP contribution in [0.5, 0.6) is 0 Å². The number of rotatable bonds is 6. The Bertz CT molecular complexity index is 347. The average molecular weight is 298 g/mol. The van der Waals surface area contributed by atoms with Crippen molar-refractivity contribution in [1.82, 2.24) is 20.0 Å². The van der Waals surface area contributed by atoms with Crippen LogP contribution < -0.4 is 5.32 Å². The second-order valence-corrected chi connectivity index (χ2v) is 5.96. The van der Waals surface area contributed by atoms with Gasteiger partial charge in [0.2, 0.25) is 11.8 Å². The van der Waals surface area contributed by atoms with E-state index in [4.69, 9.17) is 0 Å². The summed E-state index contributed by atoms with van der Waals surface area (Å²) in [5.41, 5.74) is 0. The minimum atomic E-state index is 0.121. The number of likely N-dealkylation sites (N-methyl/N-ethyl adjacent to an activating group) is 1. The fourth-order valence-electron chi connectivity index (χ4n) is 2.52. The van der Waals surface area contributed by atoms with E-state index >= 15 is 0 Å². The van der Waals surface area contributed by atoms with Crippen molar-refractivity contribution < 1.29 is 9.59 Å². The van der Waals surface area contributed by atoms with Gasteiger partial charge in [0.25, 0.3) is 0 Å². The van der Waals surface area contributed by atoms with Crippen molar-refractivity contribution >= 4 is 11.8 Å². The number of amides is 2. The summed E-state index contributed by atoms with van der Waals surface area (Å²) in [6, 6.07) is 0.220. The van der Waals surface area contributed by atoms with Gasteiger partial charge in [0.05, 0.1) is 6.54 Å². The fourth-order valence-corrected chi connectivity index (χ4v) is 2.52. The molecule has 0 radical (unpaired) electrons. The van der Waals surface area contributed by atoms with Gasteiger partial charge >= 0.3 is 0 Å². The van der Waals surface area contributed by atoms with Crippen LogP contribution in [0.25, 0.3) is 0 Å². The molecule has 6 nitrogen and oxygen atoms in total. The van der Waals surface area contributed by atoms with Gasteiger partial charge in [0, 0.05) is 52.7 Å². The normalized spacial score (nSPS) is 18.2. The summed E-state index contributed by atoms with van der Waals surface area (Å²) < 4.78 is 0. The van der Waals surface area contributed by atoms with Gasteiger partial charge in [-0.05, 0) is 19.9 Å². The Kier molecular flexibility index (Phi) is 7.67. The first-order valence-corrected chi connectivity index (χ1v) is 7.87. The van der Waals surface area contributed by atoms with Crippen molar-refractivity contribution in [2.24, 2.45) is 0 Å². The molecule has 1 rings (SSSR count). The Hall–Kier alpha value is -1.14. The molecule has 21 heavy (non-hydrogen) atoms. The predicted molar refractivity (Wildman–Crippen MR) is 84.1 cm³/mol. The molecule has 1 saturated heterocycles. The topological polar surface area (TPSA) is 55.9 Å². The quantitative estimate of drug-likeness (QED) is 0.750. The maximum atomic E-state index is 12.3. The lowest BCUT2D eigenvalue weighted by Crippen LogP contribution is -2.41. The first-order chi connectivity index (χ1) is 9.93. The molecule has 0 saturated carbocycles.